The largest absolute Gasteiger partial charge is 0.421 e. The number of pyridine rings is 1. The van der Waals surface area contributed by atoms with Gasteiger partial charge in [-0.2, -0.15) is 13.2 Å². The summed E-state index contributed by atoms with van der Waals surface area (Å²) in [7, 11) is 0. The van der Waals surface area contributed by atoms with E-state index in [1.54, 1.807) is 4.90 Å². The summed E-state index contributed by atoms with van der Waals surface area (Å²) in [4.78, 5) is 19.0. The molecule has 1 aromatic heterocycles. The van der Waals surface area contributed by atoms with Gasteiger partial charge in [-0.1, -0.05) is 12.1 Å². The Morgan fingerprint density at radius 2 is 1.64 bits per heavy atom. The third-order valence-electron chi connectivity index (χ3n) is 6.80. The van der Waals surface area contributed by atoms with Crippen molar-refractivity contribution in [1.82, 2.24) is 9.88 Å². The lowest BCUT2D eigenvalue weighted by Gasteiger charge is -2.41. The summed E-state index contributed by atoms with van der Waals surface area (Å²) in [6.07, 6.45) is -0.340. The van der Waals surface area contributed by atoms with Crippen molar-refractivity contribution in [1.29, 1.82) is 0 Å². The third kappa shape index (κ3) is 4.48. The van der Waals surface area contributed by atoms with Gasteiger partial charge >= 0.3 is 6.18 Å². The van der Waals surface area contributed by atoms with Crippen LogP contribution in [0.1, 0.15) is 67.1 Å². The zero-order valence-electron chi connectivity index (χ0n) is 18.1. The summed E-state index contributed by atoms with van der Waals surface area (Å²) in [5.41, 5.74) is -4.51. The Bertz CT molecular complexity index is 1010. The number of alkyl halides is 3. The third-order valence-corrected chi connectivity index (χ3v) is 6.80. The molecule has 1 amide bonds. The van der Waals surface area contributed by atoms with E-state index in [4.69, 9.17) is 0 Å². The van der Waals surface area contributed by atoms with Crippen molar-refractivity contribution in [2.75, 3.05) is 0 Å². The van der Waals surface area contributed by atoms with Gasteiger partial charge in [-0.3, -0.25) is 9.78 Å². The number of benzene rings is 1. The number of aromatic nitrogens is 1. The van der Waals surface area contributed by atoms with Crippen LogP contribution >= 0.6 is 0 Å². The van der Waals surface area contributed by atoms with E-state index in [1.165, 1.54) is 30.5 Å². The molecule has 9 heteroatoms. The van der Waals surface area contributed by atoms with E-state index in [0.717, 1.165) is 25.0 Å². The predicted molar refractivity (Wildman–Crippen MR) is 112 cm³/mol. The molecule has 2 fully saturated rings. The normalized spacial score (nSPS) is 25.4. The smallest absolute Gasteiger partial charge is 0.383 e. The summed E-state index contributed by atoms with van der Waals surface area (Å²) in [5, 5.41) is 20.8. The quantitative estimate of drug-likeness (QED) is 0.640. The molecule has 1 aromatic carbocycles. The van der Waals surface area contributed by atoms with Crippen molar-refractivity contribution < 1.29 is 32.6 Å². The molecule has 1 heterocycles. The van der Waals surface area contributed by atoms with E-state index in [9.17, 15) is 32.6 Å². The van der Waals surface area contributed by atoms with Crippen molar-refractivity contribution >= 4 is 5.91 Å². The molecule has 0 bridgehead atoms. The second kappa shape index (κ2) is 8.36. The van der Waals surface area contributed by atoms with Crippen molar-refractivity contribution in [3.05, 3.63) is 65.2 Å². The van der Waals surface area contributed by atoms with E-state index < -0.39 is 23.2 Å². The fourth-order valence-corrected chi connectivity index (χ4v) is 4.56. The van der Waals surface area contributed by atoms with Gasteiger partial charge in [0.1, 0.15) is 17.1 Å². The van der Waals surface area contributed by atoms with E-state index in [1.807, 2.05) is 0 Å². The summed E-state index contributed by atoms with van der Waals surface area (Å²) in [6.45, 7) is 0.675. The van der Waals surface area contributed by atoms with Gasteiger partial charge in [-0.05, 0) is 75.3 Å². The first-order valence-corrected chi connectivity index (χ1v) is 11.0. The Hall–Kier alpha value is -2.52. The molecule has 0 unspecified atom stereocenters. The fraction of sp³-hybridized carbons (Fsp3) is 0.500. The van der Waals surface area contributed by atoms with Crippen LogP contribution in [0, 0.1) is 5.82 Å². The predicted octanol–water partition coefficient (Wildman–Crippen LogP) is 4.43. The maximum absolute atomic E-state index is 14.2. The molecule has 2 aromatic rings. The first kappa shape index (κ1) is 23.6. The lowest BCUT2D eigenvalue weighted by atomic mass is 9.79. The SMILES string of the molecule is C[C@](O)(c1ccc(C(=O)N(C2CC2)C2CCC(O)(c3ncccc3F)CC2)cc1)C(F)(F)F. The average Bonchev–Trinajstić information content (AvgIpc) is 3.60. The summed E-state index contributed by atoms with van der Waals surface area (Å²) in [5.74, 6) is -0.862. The number of rotatable bonds is 5. The average molecular weight is 466 g/mol. The zero-order chi connectivity index (χ0) is 24.0. The lowest BCUT2D eigenvalue weighted by Crippen LogP contribution is -2.47. The molecule has 4 rings (SSSR count). The maximum atomic E-state index is 14.2. The van der Waals surface area contributed by atoms with E-state index in [2.05, 4.69) is 4.98 Å². The summed E-state index contributed by atoms with van der Waals surface area (Å²) < 4.78 is 53.5. The van der Waals surface area contributed by atoms with Gasteiger partial charge in [0.05, 0.1) is 0 Å². The molecular formula is C24H26F4N2O3. The zero-order valence-corrected chi connectivity index (χ0v) is 18.1. The Morgan fingerprint density at radius 3 is 2.15 bits per heavy atom. The second-order valence-corrected chi connectivity index (χ2v) is 9.19. The molecule has 1 atom stereocenters. The lowest BCUT2D eigenvalue weighted by molar-refractivity contribution is -0.258. The summed E-state index contributed by atoms with van der Waals surface area (Å²) >= 11 is 0. The number of amides is 1. The van der Waals surface area contributed by atoms with E-state index in [-0.39, 0.29) is 47.7 Å². The van der Waals surface area contributed by atoms with Crippen molar-refractivity contribution in [3.8, 4) is 0 Å². The van der Waals surface area contributed by atoms with Gasteiger partial charge in [0.2, 0.25) is 0 Å². The number of carbonyl (C=O) groups is 1. The van der Waals surface area contributed by atoms with Crippen LogP contribution in [-0.4, -0.2) is 44.3 Å². The van der Waals surface area contributed by atoms with Crippen molar-refractivity contribution in [2.45, 2.75) is 74.9 Å². The van der Waals surface area contributed by atoms with Crippen LogP contribution in [0.5, 0.6) is 0 Å². The van der Waals surface area contributed by atoms with Crippen LogP contribution < -0.4 is 0 Å². The number of aliphatic hydroxyl groups is 2. The molecule has 33 heavy (non-hydrogen) atoms. The Labute approximate surface area is 189 Å². The molecule has 0 aliphatic heterocycles. The van der Waals surface area contributed by atoms with Crippen molar-refractivity contribution in [3.63, 3.8) is 0 Å². The molecule has 0 radical (unpaired) electrons. The van der Waals surface area contributed by atoms with Crippen LogP contribution in [0.25, 0.3) is 0 Å². The second-order valence-electron chi connectivity index (χ2n) is 9.19. The molecule has 2 saturated carbocycles. The highest BCUT2D eigenvalue weighted by Crippen LogP contribution is 2.42. The van der Waals surface area contributed by atoms with Gasteiger partial charge < -0.3 is 15.1 Å². The standard InChI is InChI=1S/C24H26F4N2O3/c1-22(32,24(26,27)28)16-6-4-15(5-7-16)21(31)30(17-8-9-17)18-10-12-23(33,13-11-18)20-19(25)3-2-14-29-20/h2-7,14,17-18,32-33H,8-13H2,1H3/t18?,22-,23?/m0/s1. The Morgan fingerprint density at radius 1 is 1.06 bits per heavy atom. The van der Waals surface area contributed by atoms with Crippen LogP contribution in [0.15, 0.2) is 42.6 Å². The molecule has 2 aliphatic rings. The van der Waals surface area contributed by atoms with Crippen molar-refractivity contribution in [2.24, 2.45) is 0 Å². The maximum Gasteiger partial charge on any atom is 0.421 e. The fourth-order valence-electron chi connectivity index (χ4n) is 4.56. The van der Waals surface area contributed by atoms with Gasteiger partial charge in [-0.25, -0.2) is 4.39 Å². The minimum atomic E-state index is -4.84. The molecule has 2 N–H and O–H groups in total. The van der Waals surface area contributed by atoms with Crippen LogP contribution in [0.2, 0.25) is 0 Å². The molecule has 178 valence electrons. The molecule has 5 nitrogen and oxygen atoms in total. The number of carbonyl (C=O) groups excluding carboxylic acids is 1. The van der Waals surface area contributed by atoms with Gasteiger partial charge in [-0.15, -0.1) is 0 Å². The van der Waals surface area contributed by atoms with Crippen LogP contribution in [-0.2, 0) is 11.2 Å². The minimum Gasteiger partial charge on any atom is -0.383 e. The van der Waals surface area contributed by atoms with Crippen LogP contribution in [0.3, 0.4) is 0 Å². The first-order chi connectivity index (χ1) is 15.4. The Kier molecular flexibility index (Phi) is 5.99. The van der Waals surface area contributed by atoms with Gasteiger partial charge in [0.25, 0.3) is 5.91 Å². The monoisotopic (exact) mass is 466 g/mol. The van der Waals surface area contributed by atoms with Crippen LogP contribution in [0.4, 0.5) is 17.6 Å². The molecule has 0 saturated heterocycles. The molecule has 2 aliphatic carbocycles. The highest BCUT2D eigenvalue weighted by atomic mass is 19.4. The number of hydrogen-bond donors (Lipinski definition) is 2. The Balaban J connectivity index is 1.50. The summed E-state index contributed by atoms with van der Waals surface area (Å²) in [6, 6.07) is 7.43. The molecular weight excluding hydrogens is 440 g/mol. The topological polar surface area (TPSA) is 73.7 Å². The highest BCUT2D eigenvalue weighted by molar-refractivity contribution is 5.95. The van der Waals surface area contributed by atoms with E-state index >= 15 is 0 Å². The highest BCUT2D eigenvalue weighted by Gasteiger charge is 2.51. The molecule has 0 spiro atoms. The first-order valence-electron chi connectivity index (χ1n) is 11.0. The minimum absolute atomic E-state index is 0.0139. The van der Waals surface area contributed by atoms with Gasteiger partial charge in [0, 0.05) is 23.8 Å². The number of nitrogens with zero attached hydrogens (tertiary/aromatic N) is 2. The number of halogens is 4. The number of hydrogen-bond acceptors (Lipinski definition) is 4. The van der Waals surface area contributed by atoms with E-state index in [0.29, 0.717) is 19.8 Å². The van der Waals surface area contributed by atoms with Gasteiger partial charge in [0.15, 0.2) is 5.60 Å².